The number of amides is 1. The van der Waals surface area contributed by atoms with Gasteiger partial charge in [0.25, 0.3) is 0 Å². The summed E-state index contributed by atoms with van der Waals surface area (Å²) in [7, 11) is 0. The SMILES string of the molecule is Cc1ccc(-c2nnco2)cc1NC(=O)C(CN)C(C)C. The van der Waals surface area contributed by atoms with Crippen molar-refractivity contribution in [1.29, 1.82) is 0 Å². The Balaban J connectivity index is 2.23. The minimum Gasteiger partial charge on any atom is -0.423 e. The van der Waals surface area contributed by atoms with Crippen LogP contribution in [0.5, 0.6) is 0 Å². The van der Waals surface area contributed by atoms with Gasteiger partial charge in [0.15, 0.2) is 0 Å². The molecule has 1 aromatic heterocycles. The molecule has 6 heteroatoms. The highest BCUT2D eigenvalue weighted by Gasteiger charge is 2.21. The molecular formula is C15H20N4O2. The van der Waals surface area contributed by atoms with E-state index >= 15 is 0 Å². The summed E-state index contributed by atoms with van der Waals surface area (Å²) in [4.78, 5) is 12.3. The minimum absolute atomic E-state index is 0.0710. The summed E-state index contributed by atoms with van der Waals surface area (Å²) in [5, 5.41) is 10.5. The summed E-state index contributed by atoms with van der Waals surface area (Å²) in [5.74, 6) is 0.328. The molecule has 0 saturated carbocycles. The van der Waals surface area contributed by atoms with E-state index < -0.39 is 0 Å². The lowest BCUT2D eigenvalue weighted by Gasteiger charge is -2.19. The Labute approximate surface area is 123 Å². The molecule has 0 bridgehead atoms. The Kier molecular flexibility index (Phi) is 4.70. The summed E-state index contributed by atoms with van der Waals surface area (Å²) in [6.07, 6.45) is 1.27. The normalized spacial score (nSPS) is 12.4. The topological polar surface area (TPSA) is 94.0 Å². The molecule has 1 aromatic carbocycles. The fraction of sp³-hybridized carbons (Fsp3) is 0.400. The van der Waals surface area contributed by atoms with Crippen molar-refractivity contribution in [2.45, 2.75) is 20.8 Å². The van der Waals surface area contributed by atoms with Crippen LogP contribution in [-0.2, 0) is 4.79 Å². The third-order valence-corrected chi connectivity index (χ3v) is 3.50. The monoisotopic (exact) mass is 288 g/mol. The molecular weight excluding hydrogens is 268 g/mol. The van der Waals surface area contributed by atoms with Crippen LogP contribution in [0.4, 0.5) is 5.69 Å². The Bertz CT molecular complexity index is 608. The summed E-state index contributed by atoms with van der Waals surface area (Å²) in [6.45, 7) is 6.23. The van der Waals surface area contributed by atoms with Crippen LogP contribution in [0.1, 0.15) is 19.4 Å². The number of aromatic nitrogens is 2. The molecule has 0 saturated heterocycles. The van der Waals surface area contributed by atoms with Crippen molar-refractivity contribution < 1.29 is 9.21 Å². The lowest BCUT2D eigenvalue weighted by Crippen LogP contribution is -2.33. The van der Waals surface area contributed by atoms with Crippen molar-refractivity contribution in [3.63, 3.8) is 0 Å². The van der Waals surface area contributed by atoms with E-state index in [1.165, 1.54) is 6.39 Å². The Morgan fingerprint density at radius 2 is 2.19 bits per heavy atom. The lowest BCUT2D eigenvalue weighted by molar-refractivity contribution is -0.120. The lowest BCUT2D eigenvalue weighted by atomic mass is 9.95. The van der Waals surface area contributed by atoms with Crippen LogP contribution in [0, 0.1) is 18.8 Å². The largest absolute Gasteiger partial charge is 0.423 e. The smallest absolute Gasteiger partial charge is 0.247 e. The van der Waals surface area contributed by atoms with Gasteiger partial charge in [-0.2, -0.15) is 0 Å². The van der Waals surface area contributed by atoms with Gasteiger partial charge < -0.3 is 15.5 Å². The third-order valence-electron chi connectivity index (χ3n) is 3.50. The van der Waals surface area contributed by atoms with Crippen LogP contribution in [0.2, 0.25) is 0 Å². The Morgan fingerprint density at radius 3 is 2.76 bits per heavy atom. The second-order valence-corrected chi connectivity index (χ2v) is 5.35. The molecule has 1 atom stereocenters. The molecule has 21 heavy (non-hydrogen) atoms. The van der Waals surface area contributed by atoms with Crippen LogP contribution >= 0.6 is 0 Å². The van der Waals surface area contributed by atoms with Crippen molar-refractivity contribution in [1.82, 2.24) is 10.2 Å². The molecule has 2 aromatic rings. The number of nitrogens with one attached hydrogen (secondary N) is 1. The zero-order valence-corrected chi connectivity index (χ0v) is 12.5. The van der Waals surface area contributed by atoms with Gasteiger partial charge in [-0.05, 0) is 30.5 Å². The highest BCUT2D eigenvalue weighted by Crippen LogP contribution is 2.24. The number of aryl methyl sites for hydroxylation is 1. The number of nitrogens with zero attached hydrogens (tertiary/aromatic N) is 2. The molecule has 0 fully saturated rings. The van der Waals surface area contributed by atoms with Gasteiger partial charge in [0, 0.05) is 17.8 Å². The van der Waals surface area contributed by atoms with E-state index in [1.807, 2.05) is 39.0 Å². The number of hydrogen-bond donors (Lipinski definition) is 2. The van der Waals surface area contributed by atoms with E-state index in [0.717, 1.165) is 16.8 Å². The first kappa shape index (κ1) is 15.2. The summed E-state index contributed by atoms with van der Waals surface area (Å²) in [6, 6.07) is 5.61. The average Bonchev–Trinajstić information content (AvgIpc) is 2.95. The van der Waals surface area contributed by atoms with Crippen LogP contribution in [-0.4, -0.2) is 22.6 Å². The molecule has 6 nitrogen and oxygen atoms in total. The zero-order chi connectivity index (χ0) is 15.4. The van der Waals surface area contributed by atoms with Crippen molar-refractivity contribution in [2.75, 3.05) is 11.9 Å². The van der Waals surface area contributed by atoms with Crippen LogP contribution in [0.15, 0.2) is 29.0 Å². The number of anilines is 1. The molecule has 2 rings (SSSR count). The van der Waals surface area contributed by atoms with E-state index in [1.54, 1.807) is 0 Å². The van der Waals surface area contributed by atoms with Crippen molar-refractivity contribution in [3.05, 3.63) is 30.2 Å². The molecule has 1 amide bonds. The maximum absolute atomic E-state index is 12.3. The predicted molar refractivity (Wildman–Crippen MR) is 80.5 cm³/mol. The van der Waals surface area contributed by atoms with E-state index in [0.29, 0.717) is 12.4 Å². The van der Waals surface area contributed by atoms with Gasteiger partial charge in [-0.3, -0.25) is 4.79 Å². The van der Waals surface area contributed by atoms with E-state index in [4.69, 9.17) is 10.2 Å². The van der Waals surface area contributed by atoms with Crippen LogP contribution in [0.25, 0.3) is 11.5 Å². The van der Waals surface area contributed by atoms with Crippen LogP contribution < -0.4 is 11.1 Å². The molecule has 0 aliphatic carbocycles. The molecule has 0 aliphatic rings. The van der Waals surface area contributed by atoms with Crippen LogP contribution in [0.3, 0.4) is 0 Å². The molecule has 3 N–H and O–H groups in total. The van der Waals surface area contributed by atoms with Gasteiger partial charge >= 0.3 is 0 Å². The number of carbonyl (C=O) groups excluding carboxylic acids is 1. The third kappa shape index (κ3) is 3.46. The highest BCUT2D eigenvalue weighted by atomic mass is 16.4. The summed E-state index contributed by atoms with van der Waals surface area (Å²) >= 11 is 0. The van der Waals surface area contributed by atoms with Gasteiger partial charge in [-0.25, -0.2) is 0 Å². The number of carbonyl (C=O) groups is 1. The van der Waals surface area contributed by atoms with Crippen molar-refractivity contribution in [3.8, 4) is 11.5 Å². The summed E-state index contributed by atoms with van der Waals surface area (Å²) in [5.41, 5.74) is 8.14. The van der Waals surface area contributed by atoms with Gasteiger partial charge in [-0.1, -0.05) is 19.9 Å². The molecule has 112 valence electrons. The predicted octanol–water partition coefficient (Wildman–Crippen LogP) is 2.21. The molecule has 0 radical (unpaired) electrons. The van der Waals surface area contributed by atoms with E-state index in [2.05, 4.69) is 15.5 Å². The number of hydrogen-bond acceptors (Lipinski definition) is 5. The van der Waals surface area contributed by atoms with Gasteiger partial charge in [0.1, 0.15) is 0 Å². The molecule has 1 unspecified atom stereocenters. The average molecular weight is 288 g/mol. The molecule has 0 aliphatic heterocycles. The van der Waals surface area contributed by atoms with Gasteiger partial charge in [0.2, 0.25) is 18.2 Å². The summed E-state index contributed by atoms with van der Waals surface area (Å²) < 4.78 is 5.17. The fourth-order valence-corrected chi connectivity index (χ4v) is 2.10. The number of rotatable bonds is 5. The Hall–Kier alpha value is -2.21. The fourth-order valence-electron chi connectivity index (χ4n) is 2.10. The van der Waals surface area contributed by atoms with E-state index in [9.17, 15) is 4.79 Å². The second-order valence-electron chi connectivity index (χ2n) is 5.35. The number of nitrogens with two attached hydrogens (primary N) is 1. The number of benzene rings is 1. The standard InChI is InChI=1S/C15H20N4O2/c1-9(2)12(7-16)14(20)18-13-6-11(5-4-10(13)3)15-19-17-8-21-15/h4-6,8-9,12H,7,16H2,1-3H3,(H,18,20). The first-order valence-corrected chi connectivity index (χ1v) is 6.91. The molecule has 0 spiro atoms. The molecule has 1 heterocycles. The first-order chi connectivity index (χ1) is 10.0. The second kappa shape index (κ2) is 6.49. The first-order valence-electron chi connectivity index (χ1n) is 6.91. The quantitative estimate of drug-likeness (QED) is 0.879. The minimum atomic E-state index is -0.212. The van der Waals surface area contributed by atoms with Crippen molar-refractivity contribution in [2.24, 2.45) is 17.6 Å². The van der Waals surface area contributed by atoms with Gasteiger partial charge in [0.05, 0.1) is 5.92 Å². The maximum Gasteiger partial charge on any atom is 0.247 e. The van der Waals surface area contributed by atoms with E-state index in [-0.39, 0.29) is 17.7 Å². The maximum atomic E-state index is 12.3. The Morgan fingerprint density at radius 1 is 1.43 bits per heavy atom. The highest BCUT2D eigenvalue weighted by molar-refractivity contribution is 5.94. The van der Waals surface area contributed by atoms with Crippen molar-refractivity contribution >= 4 is 11.6 Å². The zero-order valence-electron chi connectivity index (χ0n) is 12.5. The van der Waals surface area contributed by atoms with Gasteiger partial charge in [-0.15, -0.1) is 10.2 Å².